The van der Waals surface area contributed by atoms with E-state index in [1.807, 2.05) is 0 Å². The van der Waals surface area contributed by atoms with Crippen molar-refractivity contribution in [3.8, 4) is 0 Å². The van der Waals surface area contributed by atoms with Gasteiger partial charge in [-0.15, -0.1) is 0 Å². The van der Waals surface area contributed by atoms with Crippen LogP contribution in [0.25, 0.3) is 4.85 Å². The number of carbonyl (C=O) groups excluding carboxylic acids is 1. The monoisotopic (exact) mass is 239 g/mol. The molecular weight excluding hydrogens is 218 g/mol. The lowest BCUT2D eigenvalue weighted by molar-refractivity contribution is -0.139. The molecule has 0 aromatic heterocycles. The van der Waals surface area contributed by atoms with Crippen LogP contribution in [0.1, 0.15) is 52.4 Å². The van der Waals surface area contributed by atoms with Crippen LogP contribution in [0.4, 0.5) is 0 Å². The zero-order valence-corrected chi connectivity index (χ0v) is 10.7. The third-order valence-electron chi connectivity index (χ3n) is 2.38. The van der Waals surface area contributed by atoms with Gasteiger partial charge in [0.05, 0.1) is 13.2 Å². The van der Waals surface area contributed by atoms with Crippen LogP contribution in [0.5, 0.6) is 0 Å². The van der Waals surface area contributed by atoms with Crippen LogP contribution >= 0.6 is 0 Å². The summed E-state index contributed by atoms with van der Waals surface area (Å²) in [6.45, 7) is 10.5. The number of aliphatic hydroxyl groups is 1. The first kappa shape index (κ1) is 15.5. The third kappa shape index (κ3) is 7.40. The number of allylic oxidation sites excluding steroid dienone is 1. The lowest BCUT2D eigenvalue weighted by Gasteiger charge is -2.04. The second-order valence-corrected chi connectivity index (χ2v) is 3.95. The van der Waals surface area contributed by atoms with Crippen LogP contribution in [-0.2, 0) is 9.53 Å². The maximum absolute atomic E-state index is 11.3. The summed E-state index contributed by atoms with van der Waals surface area (Å²) in [6, 6.07) is 0. The number of unbranched alkanes of at least 4 members (excludes halogenated alkanes) is 5. The molecule has 96 valence electrons. The zero-order valence-electron chi connectivity index (χ0n) is 10.7. The highest BCUT2D eigenvalue weighted by Gasteiger charge is 2.14. The Bertz CT molecular complexity index is 298. The lowest BCUT2D eigenvalue weighted by Crippen LogP contribution is -2.08. The number of hydrogen-bond donors (Lipinski definition) is 1. The molecule has 0 saturated carbocycles. The van der Waals surface area contributed by atoms with E-state index in [-0.39, 0.29) is 11.5 Å². The van der Waals surface area contributed by atoms with Crippen molar-refractivity contribution in [2.24, 2.45) is 0 Å². The molecule has 0 spiro atoms. The lowest BCUT2D eigenvalue weighted by atomic mass is 10.1. The third-order valence-corrected chi connectivity index (χ3v) is 2.38. The van der Waals surface area contributed by atoms with Gasteiger partial charge in [-0.05, 0) is 13.3 Å². The smallest absolute Gasteiger partial charge is 0.339 e. The van der Waals surface area contributed by atoms with Gasteiger partial charge in [0.2, 0.25) is 0 Å². The highest BCUT2D eigenvalue weighted by Crippen LogP contribution is 2.08. The van der Waals surface area contributed by atoms with Gasteiger partial charge in [0.25, 0.3) is 0 Å². The van der Waals surface area contributed by atoms with E-state index in [0.29, 0.717) is 6.61 Å². The summed E-state index contributed by atoms with van der Waals surface area (Å²) in [5, 5.41) is 9.05. The van der Waals surface area contributed by atoms with Crippen molar-refractivity contribution >= 4 is 5.97 Å². The molecule has 0 rings (SSSR count). The largest absolute Gasteiger partial charge is 0.523 e. The molecule has 0 aromatic rings. The fourth-order valence-electron chi connectivity index (χ4n) is 1.39. The van der Waals surface area contributed by atoms with Gasteiger partial charge in [-0.25, -0.2) is 4.85 Å². The van der Waals surface area contributed by atoms with E-state index in [0.717, 1.165) is 19.3 Å². The molecular formula is C13H21NO3. The standard InChI is InChI=1S/C13H21NO3/c1-4-5-6-7-8-9-10-17-13(16)12(14-3)11(2)15/h15H,4-10H2,1-2H3/b12-11+. The maximum atomic E-state index is 11.3. The van der Waals surface area contributed by atoms with Gasteiger partial charge in [0.1, 0.15) is 5.76 Å². The van der Waals surface area contributed by atoms with Crippen molar-refractivity contribution in [2.75, 3.05) is 6.61 Å². The summed E-state index contributed by atoms with van der Waals surface area (Å²) < 4.78 is 4.89. The van der Waals surface area contributed by atoms with Gasteiger partial charge in [0, 0.05) is 0 Å². The Balaban J connectivity index is 3.66. The van der Waals surface area contributed by atoms with Crippen molar-refractivity contribution in [1.29, 1.82) is 0 Å². The Morgan fingerprint density at radius 2 is 1.82 bits per heavy atom. The second-order valence-electron chi connectivity index (χ2n) is 3.95. The molecule has 0 saturated heterocycles. The minimum absolute atomic E-state index is 0.284. The fraction of sp³-hybridized carbons (Fsp3) is 0.692. The zero-order chi connectivity index (χ0) is 13.1. The van der Waals surface area contributed by atoms with Crippen LogP contribution in [0.2, 0.25) is 0 Å². The van der Waals surface area contributed by atoms with E-state index in [2.05, 4.69) is 11.8 Å². The average Bonchev–Trinajstić information content (AvgIpc) is 2.28. The van der Waals surface area contributed by atoms with Crippen LogP contribution in [0.3, 0.4) is 0 Å². The molecule has 0 bridgehead atoms. The minimum atomic E-state index is -0.728. The SMILES string of the molecule is [C-]#[N+]/C(C(=O)OCCCCCCCC)=C(\C)O. The quantitative estimate of drug-likeness (QED) is 0.231. The summed E-state index contributed by atoms with van der Waals surface area (Å²) in [7, 11) is 0. The molecule has 0 radical (unpaired) electrons. The van der Waals surface area contributed by atoms with Gasteiger partial charge in [-0.1, -0.05) is 39.0 Å². The molecule has 0 fully saturated rings. The van der Waals surface area contributed by atoms with Crippen LogP contribution in [0.15, 0.2) is 11.5 Å². The van der Waals surface area contributed by atoms with E-state index in [1.54, 1.807) is 0 Å². The first-order valence-electron chi connectivity index (χ1n) is 6.07. The van der Waals surface area contributed by atoms with Crippen molar-refractivity contribution in [3.05, 3.63) is 22.9 Å². The number of esters is 1. The molecule has 0 atom stereocenters. The predicted molar refractivity (Wildman–Crippen MR) is 66.3 cm³/mol. The van der Waals surface area contributed by atoms with Crippen molar-refractivity contribution in [3.63, 3.8) is 0 Å². The maximum Gasteiger partial charge on any atom is 0.339 e. The molecule has 1 N–H and O–H groups in total. The van der Waals surface area contributed by atoms with Crippen molar-refractivity contribution in [1.82, 2.24) is 0 Å². The number of carbonyl (C=O) groups is 1. The van der Waals surface area contributed by atoms with Crippen LogP contribution in [0, 0.1) is 6.57 Å². The van der Waals surface area contributed by atoms with Crippen LogP contribution in [-0.4, -0.2) is 17.7 Å². The van der Waals surface area contributed by atoms with E-state index in [4.69, 9.17) is 16.4 Å². The molecule has 0 unspecified atom stereocenters. The highest BCUT2D eigenvalue weighted by molar-refractivity contribution is 5.90. The average molecular weight is 239 g/mol. The predicted octanol–water partition coefficient (Wildman–Crippen LogP) is 3.60. The molecule has 0 aliphatic rings. The normalized spacial score (nSPS) is 11.6. The fourth-order valence-corrected chi connectivity index (χ4v) is 1.39. The molecule has 0 aromatic carbocycles. The Hall–Kier alpha value is -1.50. The number of aliphatic hydroxyl groups excluding tert-OH is 1. The minimum Gasteiger partial charge on any atom is -0.523 e. The summed E-state index contributed by atoms with van der Waals surface area (Å²) in [5.41, 5.74) is -0.323. The molecule has 0 aliphatic carbocycles. The van der Waals surface area contributed by atoms with Gasteiger partial charge in [0.15, 0.2) is 0 Å². The number of nitrogens with zero attached hydrogens (tertiary/aromatic N) is 1. The summed E-state index contributed by atoms with van der Waals surface area (Å²) in [4.78, 5) is 14.2. The Morgan fingerprint density at radius 3 is 2.35 bits per heavy atom. The molecule has 0 amide bonds. The van der Waals surface area contributed by atoms with Gasteiger partial charge in [-0.3, -0.25) is 4.79 Å². The summed E-state index contributed by atoms with van der Waals surface area (Å²) >= 11 is 0. The van der Waals surface area contributed by atoms with E-state index < -0.39 is 5.97 Å². The molecule has 4 nitrogen and oxygen atoms in total. The van der Waals surface area contributed by atoms with Gasteiger partial charge < -0.3 is 9.84 Å². The van der Waals surface area contributed by atoms with Gasteiger partial charge >= 0.3 is 11.7 Å². The molecule has 0 aliphatic heterocycles. The molecule has 0 heterocycles. The Labute approximate surface area is 103 Å². The Morgan fingerprint density at radius 1 is 1.24 bits per heavy atom. The van der Waals surface area contributed by atoms with Crippen molar-refractivity contribution < 1.29 is 14.6 Å². The van der Waals surface area contributed by atoms with E-state index in [1.165, 1.54) is 26.2 Å². The number of hydrogen-bond acceptors (Lipinski definition) is 3. The molecule has 17 heavy (non-hydrogen) atoms. The number of ether oxygens (including phenoxy) is 1. The molecule has 4 heteroatoms. The van der Waals surface area contributed by atoms with Gasteiger partial charge in [-0.2, -0.15) is 0 Å². The topological polar surface area (TPSA) is 50.9 Å². The summed E-state index contributed by atoms with van der Waals surface area (Å²) in [5.74, 6) is -1.01. The Kier molecular flexibility index (Phi) is 8.85. The first-order chi connectivity index (χ1) is 8.13. The van der Waals surface area contributed by atoms with E-state index in [9.17, 15) is 4.79 Å². The first-order valence-corrected chi connectivity index (χ1v) is 6.07. The number of rotatable bonds is 8. The summed E-state index contributed by atoms with van der Waals surface area (Å²) in [6.07, 6.45) is 6.66. The van der Waals surface area contributed by atoms with Crippen LogP contribution < -0.4 is 0 Å². The van der Waals surface area contributed by atoms with Crippen molar-refractivity contribution in [2.45, 2.75) is 52.4 Å². The highest BCUT2D eigenvalue weighted by atomic mass is 16.5. The second kappa shape index (κ2) is 9.71. The van der Waals surface area contributed by atoms with E-state index >= 15 is 0 Å².